The number of rotatable bonds is 3. The minimum atomic E-state index is -2.75. The van der Waals surface area contributed by atoms with E-state index in [0.717, 1.165) is 31.4 Å². The van der Waals surface area contributed by atoms with Crippen LogP contribution in [0.1, 0.15) is 57.1 Å². The van der Waals surface area contributed by atoms with Crippen molar-refractivity contribution < 1.29 is 13.5 Å². The van der Waals surface area contributed by atoms with Crippen molar-refractivity contribution in [2.75, 3.05) is 11.4 Å². The fourth-order valence-electron chi connectivity index (χ4n) is 5.14. The number of benzene rings is 1. The Bertz CT molecular complexity index is 657. The lowest BCUT2D eigenvalue weighted by molar-refractivity contribution is -0.0503. The lowest BCUT2D eigenvalue weighted by Gasteiger charge is -2.52. The molecule has 0 amide bonds. The summed E-state index contributed by atoms with van der Waals surface area (Å²) < 4.78 is 30.2. The van der Waals surface area contributed by atoms with Crippen LogP contribution in [0.3, 0.4) is 0 Å². The van der Waals surface area contributed by atoms with Crippen LogP contribution in [0.2, 0.25) is 0 Å². The van der Waals surface area contributed by atoms with Crippen molar-refractivity contribution in [2.45, 2.75) is 83.0 Å². The molecule has 1 aromatic carbocycles. The summed E-state index contributed by atoms with van der Waals surface area (Å²) in [6.45, 7) is 2.73. The van der Waals surface area contributed by atoms with Gasteiger partial charge in [0.1, 0.15) is 5.75 Å². The molecule has 1 N–H and O–H groups in total. The molecular weight excluding hydrogens is 393 g/mol. The Morgan fingerprint density at radius 3 is 2.52 bits per heavy atom. The first-order valence-corrected chi connectivity index (χ1v) is 9.58. The lowest BCUT2D eigenvalue weighted by atomic mass is 9.82. The summed E-state index contributed by atoms with van der Waals surface area (Å²) in [5, 5.41) is 3.83. The Hall–Kier alpha value is -0.780. The average molecular weight is 423 g/mol. The highest BCUT2D eigenvalue weighted by atomic mass is 35.5. The van der Waals surface area contributed by atoms with Gasteiger partial charge in [-0.15, -0.1) is 24.8 Å². The SMILES string of the molecule is CC1(C)CN(c2ccc(OC(F)F)c3c2CCC3)[C@H]2CCCC[C@@H]2N1.Cl.Cl. The first-order chi connectivity index (χ1) is 11.9. The number of alkyl halides is 2. The first-order valence-electron chi connectivity index (χ1n) is 9.58. The number of hydrogen-bond donors (Lipinski definition) is 1. The summed E-state index contributed by atoms with van der Waals surface area (Å²) in [7, 11) is 0. The van der Waals surface area contributed by atoms with Gasteiger partial charge < -0.3 is 15.0 Å². The number of ether oxygens (including phenoxy) is 1. The van der Waals surface area contributed by atoms with Crippen LogP contribution in [-0.4, -0.2) is 30.8 Å². The van der Waals surface area contributed by atoms with Gasteiger partial charge in [0, 0.05) is 29.9 Å². The summed E-state index contributed by atoms with van der Waals surface area (Å²) in [6, 6.07) is 4.81. The Morgan fingerprint density at radius 1 is 1.07 bits per heavy atom. The van der Waals surface area contributed by atoms with Gasteiger partial charge in [-0.05, 0) is 69.2 Å². The molecule has 1 aromatic rings. The van der Waals surface area contributed by atoms with Crippen molar-refractivity contribution in [3.05, 3.63) is 23.3 Å². The molecule has 4 rings (SSSR count). The molecule has 0 radical (unpaired) electrons. The number of nitrogens with one attached hydrogen (secondary N) is 1. The zero-order chi connectivity index (χ0) is 17.6. The molecule has 3 nitrogen and oxygen atoms in total. The van der Waals surface area contributed by atoms with Crippen LogP contribution in [0.25, 0.3) is 0 Å². The molecule has 2 aliphatic carbocycles. The normalized spacial score (nSPS) is 25.9. The van der Waals surface area contributed by atoms with Crippen molar-refractivity contribution in [1.29, 1.82) is 0 Å². The molecule has 27 heavy (non-hydrogen) atoms. The summed E-state index contributed by atoms with van der Waals surface area (Å²) in [5.41, 5.74) is 3.55. The molecule has 1 heterocycles. The third-order valence-electron chi connectivity index (χ3n) is 6.01. The smallest absolute Gasteiger partial charge is 0.387 e. The van der Waals surface area contributed by atoms with Gasteiger partial charge in [0.25, 0.3) is 0 Å². The second-order valence-electron chi connectivity index (χ2n) is 8.39. The van der Waals surface area contributed by atoms with Crippen LogP contribution >= 0.6 is 24.8 Å². The van der Waals surface area contributed by atoms with E-state index in [1.807, 2.05) is 6.07 Å². The van der Waals surface area contributed by atoms with E-state index in [4.69, 9.17) is 4.74 Å². The van der Waals surface area contributed by atoms with Crippen LogP contribution in [0.4, 0.5) is 14.5 Å². The van der Waals surface area contributed by atoms with Crippen LogP contribution in [0.5, 0.6) is 5.75 Å². The number of nitrogens with zero attached hydrogens (tertiary/aromatic N) is 1. The molecule has 7 heteroatoms. The number of fused-ring (bicyclic) bond motifs is 2. The zero-order valence-electron chi connectivity index (χ0n) is 16.0. The molecule has 154 valence electrons. The van der Waals surface area contributed by atoms with E-state index in [1.165, 1.54) is 36.9 Å². The van der Waals surface area contributed by atoms with Gasteiger partial charge in [-0.25, -0.2) is 0 Å². The van der Waals surface area contributed by atoms with E-state index in [1.54, 1.807) is 6.07 Å². The van der Waals surface area contributed by atoms with Crippen LogP contribution in [0.15, 0.2) is 12.1 Å². The van der Waals surface area contributed by atoms with E-state index in [9.17, 15) is 8.78 Å². The molecule has 3 aliphatic rings. The van der Waals surface area contributed by atoms with E-state index < -0.39 is 6.61 Å². The van der Waals surface area contributed by atoms with Crippen LogP contribution < -0.4 is 15.0 Å². The molecule has 0 unspecified atom stereocenters. The third-order valence-corrected chi connectivity index (χ3v) is 6.01. The van der Waals surface area contributed by atoms with E-state index >= 15 is 0 Å². The lowest BCUT2D eigenvalue weighted by Crippen LogP contribution is -2.67. The number of anilines is 1. The molecule has 1 saturated heterocycles. The standard InChI is InChI=1S/C20H28F2N2O.2ClH/c1-20(2)12-24(17-9-4-3-8-15(17)23-20)16-10-11-18(25-19(21)22)14-7-5-6-13(14)16;;/h10-11,15,17,19,23H,3-9,12H2,1-2H3;2*1H/t15-,17-;;/m0../s1. The summed E-state index contributed by atoms with van der Waals surface area (Å²) in [5.74, 6) is 0.376. The molecule has 2 atom stereocenters. The molecule has 0 spiro atoms. The molecule has 0 aromatic heterocycles. The molecule has 1 saturated carbocycles. The predicted octanol–water partition coefficient (Wildman–Crippen LogP) is 5.12. The summed E-state index contributed by atoms with van der Waals surface area (Å²) >= 11 is 0. The van der Waals surface area contributed by atoms with Gasteiger partial charge >= 0.3 is 6.61 Å². The van der Waals surface area contributed by atoms with Crippen molar-refractivity contribution in [3.63, 3.8) is 0 Å². The monoisotopic (exact) mass is 422 g/mol. The Balaban J connectivity index is 0.00000131. The largest absolute Gasteiger partial charge is 0.435 e. The molecule has 1 aliphatic heterocycles. The van der Waals surface area contributed by atoms with E-state index in [-0.39, 0.29) is 30.4 Å². The van der Waals surface area contributed by atoms with Crippen molar-refractivity contribution in [3.8, 4) is 5.75 Å². The maximum Gasteiger partial charge on any atom is 0.387 e. The van der Waals surface area contributed by atoms with Crippen LogP contribution in [0, 0.1) is 0 Å². The van der Waals surface area contributed by atoms with Gasteiger partial charge in [-0.2, -0.15) is 8.78 Å². The summed E-state index contributed by atoms with van der Waals surface area (Å²) in [6.07, 6.45) is 7.82. The van der Waals surface area contributed by atoms with Crippen molar-refractivity contribution >= 4 is 30.5 Å². The predicted molar refractivity (Wildman–Crippen MR) is 110 cm³/mol. The third kappa shape index (κ3) is 4.46. The fraction of sp³-hybridized carbons (Fsp3) is 0.700. The van der Waals surface area contributed by atoms with Gasteiger partial charge in [-0.3, -0.25) is 0 Å². The zero-order valence-corrected chi connectivity index (χ0v) is 17.6. The molecular formula is C20H30Cl2F2N2O. The van der Waals surface area contributed by atoms with Gasteiger partial charge in [0.15, 0.2) is 0 Å². The maximum absolute atomic E-state index is 12.7. The van der Waals surface area contributed by atoms with Gasteiger partial charge in [0.2, 0.25) is 0 Å². The van der Waals surface area contributed by atoms with Crippen molar-refractivity contribution in [1.82, 2.24) is 5.32 Å². The van der Waals surface area contributed by atoms with Crippen LogP contribution in [-0.2, 0) is 12.8 Å². The number of piperazine rings is 1. The second-order valence-corrected chi connectivity index (χ2v) is 8.39. The van der Waals surface area contributed by atoms with Gasteiger partial charge in [-0.1, -0.05) is 12.8 Å². The topological polar surface area (TPSA) is 24.5 Å². The van der Waals surface area contributed by atoms with E-state index in [2.05, 4.69) is 24.1 Å². The molecule has 0 bridgehead atoms. The Kier molecular flexibility index (Phi) is 7.26. The summed E-state index contributed by atoms with van der Waals surface area (Å²) in [4.78, 5) is 2.57. The second kappa shape index (κ2) is 8.71. The minimum Gasteiger partial charge on any atom is -0.435 e. The minimum absolute atomic E-state index is 0. The number of hydrogen-bond acceptors (Lipinski definition) is 3. The first kappa shape index (κ1) is 22.5. The Labute approximate surface area is 173 Å². The Morgan fingerprint density at radius 2 is 1.78 bits per heavy atom. The highest BCUT2D eigenvalue weighted by molar-refractivity contribution is 5.85. The number of halogens is 4. The van der Waals surface area contributed by atoms with Gasteiger partial charge in [0.05, 0.1) is 0 Å². The quantitative estimate of drug-likeness (QED) is 0.731. The fourth-order valence-corrected chi connectivity index (χ4v) is 5.14. The average Bonchev–Trinajstić information content (AvgIpc) is 3.03. The highest BCUT2D eigenvalue weighted by Crippen LogP contribution is 2.42. The van der Waals surface area contributed by atoms with E-state index in [0.29, 0.717) is 17.8 Å². The maximum atomic E-state index is 12.7. The molecule has 2 fully saturated rings. The highest BCUT2D eigenvalue weighted by Gasteiger charge is 2.41. The van der Waals surface area contributed by atoms with Crippen molar-refractivity contribution in [2.24, 2.45) is 0 Å².